The number of nitrogens with one attached hydrogen (secondary N) is 1. The minimum absolute atomic E-state index is 0.00951. The molecule has 1 N–H and O–H groups in total. The molecule has 0 radical (unpaired) electrons. The van der Waals surface area contributed by atoms with Crippen molar-refractivity contribution in [1.29, 1.82) is 0 Å². The van der Waals surface area contributed by atoms with E-state index in [9.17, 15) is 33.4 Å². The molecule has 4 aliphatic carbocycles. The molecule has 4 unspecified atom stereocenters. The normalized spacial score (nSPS) is 27.2. The molecule has 7 rings (SSSR count). The molecule has 3 saturated carbocycles. The number of para-hydroxylation sites is 1. The van der Waals surface area contributed by atoms with Crippen LogP contribution in [0.25, 0.3) is 11.0 Å². The number of aryl methyl sites for hydroxylation is 1. The molecular weight excluding hydrogens is 833 g/mol. The first-order valence-corrected chi connectivity index (χ1v) is 25.6. The third kappa shape index (κ3) is 9.81. The second-order valence-electron chi connectivity index (χ2n) is 20.6. The zero-order valence-electron chi connectivity index (χ0n) is 38.6. The van der Waals surface area contributed by atoms with E-state index in [-0.39, 0.29) is 46.6 Å². The van der Waals surface area contributed by atoms with E-state index in [2.05, 4.69) is 56.3 Å². The first-order chi connectivity index (χ1) is 30.6. The molecule has 1 amide bonds. The van der Waals surface area contributed by atoms with Crippen LogP contribution in [0.1, 0.15) is 149 Å². The Morgan fingerprint density at radius 3 is 2.39 bits per heavy atom. The Balaban J connectivity index is 0.953. The minimum Gasteiger partial charge on any atom is -0.356 e. The lowest BCUT2D eigenvalue weighted by atomic mass is 9.47. The summed E-state index contributed by atoms with van der Waals surface area (Å²) in [5.74, 6) is 4.13. The minimum atomic E-state index is -4.25. The van der Waals surface area contributed by atoms with Gasteiger partial charge in [0, 0.05) is 37.7 Å². The summed E-state index contributed by atoms with van der Waals surface area (Å²) in [5, 5.41) is 33.9. The summed E-state index contributed by atoms with van der Waals surface area (Å²) < 4.78 is 35.5. The number of sulfonamides is 1. The first-order valence-electron chi connectivity index (χ1n) is 24.2. The SMILES string of the molecule is CC(C)CCCC(C)[C@H]1CCC2C3CC=C4C[C@@H](N(CCCNC(=O)CCCCCCc5ccc([N+](=O)[O-])c6nonc56)S(=O)(=O)c5ccccc5[N+](=O)[O-])CC[C@]4(C)C3CC[C@@]21C. The highest BCUT2D eigenvalue weighted by Gasteiger charge is 2.59. The average Bonchev–Trinajstić information content (AvgIpc) is 3.90. The summed E-state index contributed by atoms with van der Waals surface area (Å²) in [6.45, 7) is 12.6. The van der Waals surface area contributed by atoms with Gasteiger partial charge in [0.1, 0.15) is 5.52 Å². The van der Waals surface area contributed by atoms with Crippen molar-refractivity contribution in [3.8, 4) is 0 Å². The van der Waals surface area contributed by atoms with E-state index in [1.165, 1.54) is 79.1 Å². The molecule has 1 aromatic heterocycles. The van der Waals surface area contributed by atoms with Crippen LogP contribution in [-0.2, 0) is 21.2 Å². The van der Waals surface area contributed by atoms with E-state index in [0.29, 0.717) is 61.3 Å². The van der Waals surface area contributed by atoms with Crippen LogP contribution in [0.5, 0.6) is 0 Å². The van der Waals surface area contributed by atoms with E-state index >= 15 is 0 Å². The van der Waals surface area contributed by atoms with Crippen LogP contribution < -0.4 is 5.32 Å². The van der Waals surface area contributed by atoms with Crippen LogP contribution in [0.2, 0.25) is 0 Å². The molecule has 15 heteroatoms. The van der Waals surface area contributed by atoms with Crippen molar-refractivity contribution < 1.29 is 27.7 Å². The number of benzene rings is 2. The second kappa shape index (κ2) is 20.1. The quantitative estimate of drug-likeness (QED) is 0.0465. The lowest BCUT2D eigenvalue weighted by molar-refractivity contribution is -0.387. The Morgan fingerprint density at radius 2 is 1.62 bits per heavy atom. The molecule has 14 nitrogen and oxygen atoms in total. The van der Waals surface area contributed by atoms with Gasteiger partial charge in [0.15, 0.2) is 4.90 Å². The number of rotatable bonds is 21. The lowest BCUT2D eigenvalue weighted by Gasteiger charge is -2.59. The Hall–Kier alpha value is -4.24. The fourth-order valence-electron chi connectivity index (χ4n) is 13.1. The number of non-ortho nitro benzene ring substituents is 1. The smallest absolute Gasteiger partial charge is 0.300 e. The fourth-order valence-corrected chi connectivity index (χ4v) is 15.0. The summed E-state index contributed by atoms with van der Waals surface area (Å²) in [4.78, 5) is 34.9. The van der Waals surface area contributed by atoms with Gasteiger partial charge >= 0.3 is 5.69 Å². The van der Waals surface area contributed by atoms with E-state index in [1.807, 2.05) is 0 Å². The summed E-state index contributed by atoms with van der Waals surface area (Å²) in [6.07, 6.45) is 19.3. The molecule has 0 spiro atoms. The summed E-state index contributed by atoms with van der Waals surface area (Å²) in [7, 11) is -4.25. The van der Waals surface area contributed by atoms with Crippen molar-refractivity contribution in [3.05, 3.63) is 73.8 Å². The number of hydrogen-bond donors (Lipinski definition) is 1. The molecule has 3 fully saturated rings. The van der Waals surface area contributed by atoms with Crippen molar-refractivity contribution in [1.82, 2.24) is 19.9 Å². The molecule has 0 saturated heterocycles. The third-order valence-corrected chi connectivity index (χ3v) is 18.5. The molecule has 0 aliphatic heterocycles. The number of nitrogens with zero attached hydrogens (tertiary/aromatic N) is 5. The molecule has 1 heterocycles. The molecular formula is C49H70N6O8S. The Morgan fingerprint density at radius 1 is 0.875 bits per heavy atom. The van der Waals surface area contributed by atoms with Crippen LogP contribution in [0, 0.1) is 66.6 Å². The number of amides is 1. The summed E-state index contributed by atoms with van der Waals surface area (Å²) in [6, 6.07) is 8.40. The van der Waals surface area contributed by atoms with Gasteiger partial charge in [0.25, 0.3) is 5.69 Å². The van der Waals surface area contributed by atoms with Crippen molar-refractivity contribution in [2.45, 2.75) is 161 Å². The number of aromatic nitrogens is 2. The standard InChI is InChI=1S/C49H70N6O8S/c1-33(2)14-12-15-34(3)39-23-24-40-38-22-21-36-32-37(26-28-48(36,4)41(38)27-29-49(39,40)5)53(64(61,62)44-18-11-10-17-42(44)54(57)58)31-13-30-50-45(56)19-9-7-6-8-16-35-20-25-43(55(59)60)47-46(35)51-63-52-47/h10-11,17-18,20-21,25,33-34,37-41H,6-9,12-16,19,22-24,26-32H2,1-5H3,(H,50,56)/t34?,37-,38?,39+,40?,41?,48-,49+/m0/s1. The Kier molecular flexibility index (Phi) is 15.0. The van der Waals surface area contributed by atoms with Gasteiger partial charge in [-0.05, 0) is 151 Å². The van der Waals surface area contributed by atoms with Crippen LogP contribution in [0.15, 0.2) is 57.6 Å². The van der Waals surface area contributed by atoms with Crippen molar-refractivity contribution in [2.75, 3.05) is 13.1 Å². The predicted octanol–water partition coefficient (Wildman–Crippen LogP) is 11.1. The highest BCUT2D eigenvalue weighted by Crippen LogP contribution is 2.67. The maximum atomic E-state index is 14.6. The van der Waals surface area contributed by atoms with Gasteiger partial charge in [-0.15, -0.1) is 0 Å². The number of allylic oxidation sites excluding steroid dienone is 1. The van der Waals surface area contributed by atoms with Gasteiger partial charge in [-0.25, -0.2) is 13.0 Å². The van der Waals surface area contributed by atoms with Gasteiger partial charge in [0.05, 0.1) is 9.85 Å². The number of hydrogen-bond acceptors (Lipinski definition) is 10. The van der Waals surface area contributed by atoms with Gasteiger partial charge < -0.3 is 5.32 Å². The summed E-state index contributed by atoms with van der Waals surface area (Å²) in [5.41, 5.74) is 2.55. The van der Waals surface area contributed by atoms with Crippen LogP contribution >= 0.6 is 0 Å². The Bertz CT molecular complexity index is 2300. The molecule has 3 aromatic rings. The highest BCUT2D eigenvalue weighted by atomic mass is 32.2. The van der Waals surface area contributed by atoms with Crippen LogP contribution in [0.4, 0.5) is 11.4 Å². The molecule has 8 atom stereocenters. The maximum absolute atomic E-state index is 14.6. The maximum Gasteiger partial charge on any atom is 0.300 e. The van der Waals surface area contributed by atoms with Crippen LogP contribution in [0.3, 0.4) is 0 Å². The van der Waals surface area contributed by atoms with Crippen molar-refractivity contribution in [3.63, 3.8) is 0 Å². The number of carbonyl (C=O) groups is 1. The molecule has 0 bridgehead atoms. The number of nitro groups is 2. The van der Waals surface area contributed by atoms with E-state index in [1.54, 1.807) is 12.1 Å². The van der Waals surface area contributed by atoms with Gasteiger partial charge in [-0.1, -0.05) is 90.5 Å². The van der Waals surface area contributed by atoms with E-state index in [4.69, 9.17) is 4.63 Å². The fraction of sp³-hybridized carbons (Fsp3) is 0.694. The first kappa shape index (κ1) is 47.7. The van der Waals surface area contributed by atoms with Gasteiger partial charge in [-0.2, -0.15) is 4.31 Å². The van der Waals surface area contributed by atoms with E-state index in [0.717, 1.165) is 61.3 Å². The van der Waals surface area contributed by atoms with Crippen LogP contribution in [-0.4, -0.2) is 57.9 Å². The van der Waals surface area contributed by atoms with Crippen molar-refractivity contribution in [2.24, 2.45) is 46.3 Å². The zero-order chi connectivity index (χ0) is 45.8. The molecule has 64 heavy (non-hydrogen) atoms. The van der Waals surface area contributed by atoms with Gasteiger partial charge in [-0.3, -0.25) is 25.0 Å². The second-order valence-corrected chi connectivity index (χ2v) is 22.5. The average molecular weight is 903 g/mol. The molecule has 2 aromatic carbocycles. The molecule has 4 aliphatic rings. The Labute approximate surface area is 379 Å². The third-order valence-electron chi connectivity index (χ3n) is 16.5. The topological polar surface area (TPSA) is 192 Å². The largest absolute Gasteiger partial charge is 0.356 e. The number of unbranched alkanes of at least 4 members (excludes halogenated alkanes) is 3. The predicted molar refractivity (Wildman–Crippen MR) is 247 cm³/mol. The number of carbonyl (C=O) groups excluding carboxylic acids is 1. The summed E-state index contributed by atoms with van der Waals surface area (Å²) >= 11 is 0. The number of nitro benzene ring substituents is 2. The molecule has 350 valence electrons. The highest BCUT2D eigenvalue weighted by molar-refractivity contribution is 7.89. The van der Waals surface area contributed by atoms with E-state index < -0.39 is 25.6 Å². The number of fused-ring (bicyclic) bond motifs is 6. The zero-order valence-corrected chi connectivity index (χ0v) is 39.5. The van der Waals surface area contributed by atoms with Crippen molar-refractivity contribution >= 4 is 38.3 Å². The monoisotopic (exact) mass is 902 g/mol. The lowest BCUT2D eigenvalue weighted by Crippen LogP contribution is -2.53. The van der Waals surface area contributed by atoms with Gasteiger partial charge in [0.2, 0.25) is 21.4 Å².